The van der Waals surface area contributed by atoms with Crippen molar-refractivity contribution in [3.8, 4) is 0 Å². The van der Waals surface area contributed by atoms with Gasteiger partial charge in [-0.05, 0) is 30.3 Å². The summed E-state index contributed by atoms with van der Waals surface area (Å²) in [5.74, 6) is 0.596. The molecule has 2 aromatic rings. The van der Waals surface area contributed by atoms with Crippen LogP contribution in [-0.2, 0) is 11.3 Å². The van der Waals surface area contributed by atoms with E-state index in [1.165, 1.54) is 0 Å². The second kappa shape index (κ2) is 7.35. The summed E-state index contributed by atoms with van der Waals surface area (Å²) in [6, 6.07) is 8.85. The molecular formula is C15H19N3O3. The average molecular weight is 289 g/mol. The van der Waals surface area contributed by atoms with Gasteiger partial charge in [0.15, 0.2) is 0 Å². The summed E-state index contributed by atoms with van der Waals surface area (Å²) in [6.07, 6.45) is 1.61. The molecule has 0 saturated heterocycles. The van der Waals surface area contributed by atoms with E-state index in [1.807, 2.05) is 12.1 Å². The van der Waals surface area contributed by atoms with Gasteiger partial charge < -0.3 is 25.5 Å². The van der Waals surface area contributed by atoms with E-state index in [1.54, 1.807) is 31.6 Å². The van der Waals surface area contributed by atoms with Gasteiger partial charge in [-0.2, -0.15) is 0 Å². The summed E-state index contributed by atoms with van der Waals surface area (Å²) in [4.78, 5) is 12.2. The van der Waals surface area contributed by atoms with Crippen molar-refractivity contribution in [2.75, 3.05) is 31.3 Å². The van der Waals surface area contributed by atoms with E-state index in [9.17, 15) is 4.79 Å². The Morgan fingerprint density at radius 1 is 1.38 bits per heavy atom. The van der Waals surface area contributed by atoms with Crippen molar-refractivity contribution in [2.24, 2.45) is 0 Å². The highest BCUT2D eigenvalue weighted by atomic mass is 16.5. The highest BCUT2D eigenvalue weighted by molar-refractivity contribution is 6.00. The van der Waals surface area contributed by atoms with Gasteiger partial charge in [0.2, 0.25) is 0 Å². The third-order valence-electron chi connectivity index (χ3n) is 2.91. The van der Waals surface area contributed by atoms with Crippen LogP contribution >= 0.6 is 0 Å². The van der Waals surface area contributed by atoms with Crippen molar-refractivity contribution in [3.63, 3.8) is 0 Å². The van der Waals surface area contributed by atoms with Gasteiger partial charge in [-0.15, -0.1) is 0 Å². The summed E-state index contributed by atoms with van der Waals surface area (Å²) >= 11 is 0. The number of rotatable bonds is 7. The number of methoxy groups -OCH3 is 1. The first-order valence-corrected chi connectivity index (χ1v) is 6.63. The number of nitrogens with two attached hydrogens (primary N) is 1. The highest BCUT2D eigenvalue weighted by Crippen LogP contribution is 2.20. The Morgan fingerprint density at radius 3 is 2.95 bits per heavy atom. The summed E-state index contributed by atoms with van der Waals surface area (Å²) in [5.41, 5.74) is 7.50. The number of hydrogen-bond donors (Lipinski definition) is 3. The number of benzene rings is 1. The van der Waals surface area contributed by atoms with E-state index < -0.39 is 0 Å². The normalized spacial score (nSPS) is 10.3. The third kappa shape index (κ3) is 4.25. The van der Waals surface area contributed by atoms with Crippen molar-refractivity contribution < 1.29 is 13.9 Å². The number of carbonyl (C=O) groups is 1. The fourth-order valence-electron chi connectivity index (χ4n) is 1.86. The fourth-order valence-corrected chi connectivity index (χ4v) is 1.86. The van der Waals surface area contributed by atoms with Crippen molar-refractivity contribution in [2.45, 2.75) is 6.54 Å². The summed E-state index contributed by atoms with van der Waals surface area (Å²) in [5, 5.41) is 5.95. The minimum atomic E-state index is -0.193. The van der Waals surface area contributed by atoms with Crippen LogP contribution in [0.4, 0.5) is 11.4 Å². The maximum Gasteiger partial charge on any atom is 0.253 e. The van der Waals surface area contributed by atoms with Gasteiger partial charge in [0.25, 0.3) is 5.91 Å². The van der Waals surface area contributed by atoms with E-state index in [2.05, 4.69) is 10.6 Å². The van der Waals surface area contributed by atoms with Crippen LogP contribution in [0.15, 0.2) is 41.0 Å². The minimum absolute atomic E-state index is 0.193. The molecule has 0 spiro atoms. The molecule has 0 radical (unpaired) electrons. The van der Waals surface area contributed by atoms with E-state index in [0.29, 0.717) is 36.6 Å². The van der Waals surface area contributed by atoms with Gasteiger partial charge in [-0.25, -0.2) is 0 Å². The third-order valence-corrected chi connectivity index (χ3v) is 2.91. The number of ether oxygens (including phenoxy) is 1. The molecular weight excluding hydrogens is 270 g/mol. The first kappa shape index (κ1) is 14.9. The topological polar surface area (TPSA) is 89.5 Å². The standard InChI is InChI=1S/C15H19N3O3/c1-20-8-6-17-15(19)13-9-11(16)4-5-14(13)18-10-12-3-2-7-21-12/h2-5,7,9,18H,6,8,10,16H2,1H3,(H,17,19). The Labute approximate surface area is 123 Å². The lowest BCUT2D eigenvalue weighted by atomic mass is 10.1. The lowest BCUT2D eigenvalue weighted by molar-refractivity contribution is 0.0938. The molecule has 1 heterocycles. The van der Waals surface area contributed by atoms with Crippen LogP contribution in [0.1, 0.15) is 16.1 Å². The van der Waals surface area contributed by atoms with Gasteiger partial charge in [0.05, 0.1) is 25.0 Å². The molecule has 0 atom stereocenters. The molecule has 0 fully saturated rings. The molecule has 112 valence electrons. The van der Waals surface area contributed by atoms with Crippen molar-refractivity contribution >= 4 is 17.3 Å². The van der Waals surface area contributed by atoms with E-state index >= 15 is 0 Å². The number of amides is 1. The summed E-state index contributed by atoms with van der Waals surface area (Å²) < 4.78 is 10.2. The van der Waals surface area contributed by atoms with Crippen molar-refractivity contribution in [1.29, 1.82) is 0 Å². The molecule has 6 heteroatoms. The van der Waals surface area contributed by atoms with E-state index in [0.717, 1.165) is 5.76 Å². The molecule has 0 aliphatic carbocycles. The Hall–Kier alpha value is -2.47. The Morgan fingerprint density at radius 2 is 2.24 bits per heavy atom. The number of anilines is 2. The van der Waals surface area contributed by atoms with Gasteiger partial charge >= 0.3 is 0 Å². The number of furan rings is 1. The zero-order chi connectivity index (χ0) is 15.1. The van der Waals surface area contributed by atoms with Crippen LogP contribution < -0.4 is 16.4 Å². The van der Waals surface area contributed by atoms with Gasteiger partial charge in [0, 0.05) is 25.0 Å². The Kier molecular flexibility index (Phi) is 5.22. The average Bonchev–Trinajstić information content (AvgIpc) is 2.99. The lowest BCUT2D eigenvalue weighted by Gasteiger charge is -2.12. The predicted octanol–water partition coefficient (Wildman–Crippen LogP) is 1.85. The zero-order valence-corrected chi connectivity index (χ0v) is 11.9. The van der Waals surface area contributed by atoms with Crippen LogP contribution in [-0.4, -0.2) is 26.2 Å². The molecule has 6 nitrogen and oxygen atoms in total. The summed E-state index contributed by atoms with van der Waals surface area (Å²) in [7, 11) is 1.59. The van der Waals surface area contributed by atoms with Crippen LogP contribution in [0, 0.1) is 0 Å². The first-order valence-electron chi connectivity index (χ1n) is 6.63. The largest absolute Gasteiger partial charge is 0.467 e. The molecule has 2 rings (SSSR count). The van der Waals surface area contributed by atoms with E-state index in [4.69, 9.17) is 14.9 Å². The Bertz CT molecular complexity index is 582. The number of nitrogen functional groups attached to an aromatic ring is 1. The smallest absolute Gasteiger partial charge is 0.253 e. The molecule has 4 N–H and O–H groups in total. The SMILES string of the molecule is COCCNC(=O)c1cc(N)ccc1NCc1ccco1. The molecule has 21 heavy (non-hydrogen) atoms. The predicted molar refractivity (Wildman–Crippen MR) is 81.1 cm³/mol. The first-order chi connectivity index (χ1) is 10.2. The zero-order valence-electron chi connectivity index (χ0n) is 11.9. The molecule has 1 aromatic heterocycles. The van der Waals surface area contributed by atoms with Gasteiger partial charge in [0.1, 0.15) is 5.76 Å². The monoisotopic (exact) mass is 289 g/mol. The molecule has 1 aromatic carbocycles. The molecule has 0 saturated carbocycles. The van der Waals surface area contributed by atoms with Crippen LogP contribution in [0.3, 0.4) is 0 Å². The quantitative estimate of drug-likeness (QED) is 0.534. The molecule has 0 bridgehead atoms. The van der Waals surface area contributed by atoms with Gasteiger partial charge in [-0.3, -0.25) is 4.79 Å². The number of hydrogen-bond acceptors (Lipinski definition) is 5. The number of carbonyl (C=O) groups excluding carboxylic acids is 1. The summed E-state index contributed by atoms with van der Waals surface area (Å²) in [6.45, 7) is 1.40. The molecule has 0 aliphatic rings. The second-order valence-electron chi connectivity index (χ2n) is 4.49. The van der Waals surface area contributed by atoms with E-state index in [-0.39, 0.29) is 5.91 Å². The molecule has 1 amide bonds. The van der Waals surface area contributed by atoms with Gasteiger partial charge in [-0.1, -0.05) is 0 Å². The molecule has 0 unspecified atom stereocenters. The fraction of sp³-hybridized carbons (Fsp3) is 0.267. The number of nitrogens with one attached hydrogen (secondary N) is 2. The molecule has 0 aliphatic heterocycles. The minimum Gasteiger partial charge on any atom is -0.467 e. The van der Waals surface area contributed by atoms with Crippen LogP contribution in [0.5, 0.6) is 0 Å². The maximum atomic E-state index is 12.2. The lowest BCUT2D eigenvalue weighted by Crippen LogP contribution is -2.27. The Balaban J connectivity index is 2.07. The van der Waals surface area contributed by atoms with Crippen molar-refractivity contribution in [1.82, 2.24) is 5.32 Å². The maximum absolute atomic E-state index is 12.2. The van der Waals surface area contributed by atoms with Crippen LogP contribution in [0.2, 0.25) is 0 Å². The van der Waals surface area contributed by atoms with Crippen LogP contribution in [0.25, 0.3) is 0 Å². The van der Waals surface area contributed by atoms with Crippen molar-refractivity contribution in [3.05, 3.63) is 47.9 Å². The highest BCUT2D eigenvalue weighted by Gasteiger charge is 2.11. The second-order valence-corrected chi connectivity index (χ2v) is 4.49.